The summed E-state index contributed by atoms with van der Waals surface area (Å²) >= 11 is 4.76. The molecule has 0 spiro atoms. The van der Waals surface area contributed by atoms with E-state index in [2.05, 4.69) is 50.7 Å². The molecule has 2 rings (SSSR count). The fraction of sp³-hybridized carbons (Fsp3) is 0.400. The van der Waals surface area contributed by atoms with Gasteiger partial charge in [-0.1, -0.05) is 19.9 Å². The lowest BCUT2D eigenvalue weighted by molar-refractivity contribution is 0.649. The first-order chi connectivity index (χ1) is 6.68. The van der Waals surface area contributed by atoms with Crippen molar-refractivity contribution in [2.45, 2.75) is 20.3 Å². The van der Waals surface area contributed by atoms with Gasteiger partial charge in [-0.2, -0.15) is 8.75 Å². The molecule has 2 nitrogen and oxygen atoms in total. The van der Waals surface area contributed by atoms with Gasteiger partial charge in [0.05, 0.1) is 11.7 Å². The first-order valence-electron chi connectivity index (χ1n) is 4.58. The van der Waals surface area contributed by atoms with Crippen molar-refractivity contribution in [2.75, 3.05) is 0 Å². The number of rotatable bonds is 2. The average molecular weight is 271 g/mol. The predicted molar refractivity (Wildman–Crippen MR) is 63.7 cm³/mol. The first kappa shape index (κ1) is 10.1. The summed E-state index contributed by atoms with van der Waals surface area (Å²) in [6.45, 7) is 4.43. The third-order valence-corrected chi connectivity index (χ3v) is 3.25. The molecule has 1 heterocycles. The van der Waals surface area contributed by atoms with Gasteiger partial charge in [0.15, 0.2) is 0 Å². The molecule has 0 fully saturated rings. The zero-order valence-electron chi connectivity index (χ0n) is 8.12. The quantitative estimate of drug-likeness (QED) is 0.833. The molecule has 0 atom stereocenters. The summed E-state index contributed by atoms with van der Waals surface area (Å²) in [5.41, 5.74) is 3.35. The van der Waals surface area contributed by atoms with E-state index in [1.807, 2.05) is 0 Å². The normalized spacial score (nSPS) is 11.4. The van der Waals surface area contributed by atoms with Crippen LogP contribution >= 0.6 is 27.7 Å². The molecule has 0 saturated carbocycles. The second-order valence-corrected chi connectivity index (χ2v) is 5.15. The van der Waals surface area contributed by atoms with E-state index in [0.717, 1.165) is 21.9 Å². The standard InChI is InChI=1S/C10H11BrN2S/c1-6(2)5-7-3-4-8(11)10-9(7)12-14-13-10/h3-4,6H,5H2,1-2H3. The van der Waals surface area contributed by atoms with Crippen LogP contribution in [-0.4, -0.2) is 8.75 Å². The summed E-state index contributed by atoms with van der Waals surface area (Å²) < 4.78 is 9.64. The molecule has 4 heteroatoms. The van der Waals surface area contributed by atoms with Crippen molar-refractivity contribution in [3.63, 3.8) is 0 Å². The highest BCUT2D eigenvalue weighted by atomic mass is 79.9. The van der Waals surface area contributed by atoms with Crippen molar-refractivity contribution >= 4 is 38.7 Å². The van der Waals surface area contributed by atoms with Crippen LogP contribution in [-0.2, 0) is 6.42 Å². The van der Waals surface area contributed by atoms with Gasteiger partial charge < -0.3 is 0 Å². The van der Waals surface area contributed by atoms with Crippen LogP contribution in [0.3, 0.4) is 0 Å². The van der Waals surface area contributed by atoms with Gasteiger partial charge in [-0.05, 0) is 39.9 Å². The summed E-state index contributed by atoms with van der Waals surface area (Å²) in [4.78, 5) is 0. The molecule has 74 valence electrons. The molecule has 0 radical (unpaired) electrons. The van der Waals surface area contributed by atoms with Crippen LogP contribution in [0.25, 0.3) is 11.0 Å². The summed E-state index contributed by atoms with van der Waals surface area (Å²) in [6.07, 6.45) is 1.06. The maximum absolute atomic E-state index is 4.33. The van der Waals surface area contributed by atoms with Crippen LogP contribution in [0.4, 0.5) is 0 Å². The zero-order chi connectivity index (χ0) is 10.1. The van der Waals surface area contributed by atoms with Crippen LogP contribution in [0.15, 0.2) is 16.6 Å². The third-order valence-electron chi connectivity index (χ3n) is 2.08. The fourth-order valence-corrected chi connectivity index (χ4v) is 2.61. The van der Waals surface area contributed by atoms with Gasteiger partial charge in [-0.15, -0.1) is 0 Å². The lowest BCUT2D eigenvalue weighted by Crippen LogP contribution is -1.95. The number of halogens is 1. The van der Waals surface area contributed by atoms with Crippen molar-refractivity contribution in [1.29, 1.82) is 0 Å². The second-order valence-electron chi connectivity index (χ2n) is 3.77. The van der Waals surface area contributed by atoms with E-state index in [-0.39, 0.29) is 0 Å². The molecular formula is C10H11BrN2S. The van der Waals surface area contributed by atoms with Gasteiger partial charge >= 0.3 is 0 Å². The third kappa shape index (κ3) is 1.81. The Balaban J connectivity index is 2.55. The van der Waals surface area contributed by atoms with Gasteiger partial charge in [0.1, 0.15) is 11.0 Å². The van der Waals surface area contributed by atoms with E-state index in [4.69, 9.17) is 0 Å². The van der Waals surface area contributed by atoms with E-state index >= 15 is 0 Å². The highest BCUT2D eigenvalue weighted by molar-refractivity contribution is 9.10. The van der Waals surface area contributed by atoms with Crippen molar-refractivity contribution in [3.05, 3.63) is 22.2 Å². The zero-order valence-corrected chi connectivity index (χ0v) is 10.5. The van der Waals surface area contributed by atoms with Crippen molar-refractivity contribution in [3.8, 4) is 0 Å². The molecule has 0 amide bonds. The summed E-state index contributed by atoms with van der Waals surface area (Å²) in [7, 11) is 0. The van der Waals surface area contributed by atoms with Crippen molar-refractivity contribution in [1.82, 2.24) is 8.75 Å². The van der Waals surface area contributed by atoms with Crippen LogP contribution < -0.4 is 0 Å². The monoisotopic (exact) mass is 270 g/mol. The summed E-state index contributed by atoms with van der Waals surface area (Å²) in [5, 5.41) is 0. The second kappa shape index (κ2) is 3.95. The number of fused-ring (bicyclic) bond motifs is 1. The Morgan fingerprint density at radius 3 is 2.71 bits per heavy atom. The highest BCUT2D eigenvalue weighted by Gasteiger charge is 2.09. The van der Waals surface area contributed by atoms with Crippen LogP contribution in [0.5, 0.6) is 0 Å². The minimum atomic E-state index is 0.654. The smallest absolute Gasteiger partial charge is 0.119 e. The van der Waals surface area contributed by atoms with Crippen LogP contribution in [0, 0.1) is 5.92 Å². The molecule has 0 saturated heterocycles. The molecule has 0 aliphatic carbocycles. The molecule has 0 unspecified atom stereocenters. The number of benzene rings is 1. The Morgan fingerprint density at radius 1 is 1.29 bits per heavy atom. The topological polar surface area (TPSA) is 25.8 Å². The maximum Gasteiger partial charge on any atom is 0.119 e. The number of hydrogen-bond donors (Lipinski definition) is 0. The minimum absolute atomic E-state index is 0.654. The molecular weight excluding hydrogens is 260 g/mol. The number of hydrogen-bond acceptors (Lipinski definition) is 3. The molecule has 0 aliphatic heterocycles. The van der Waals surface area contributed by atoms with Gasteiger partial charge in [-0.3, -0.25) is 0 Å². The van der Waals surface area contributed by atoms with Gasteiger partial charge in [0.2, 0.25) is 0 Å². The van der Waals surface area contributed by atoms with Crippen LogP contribution in [0.2, 0.25) is 0 Å². The molecule has 2 aromatic rings. The van der Waals surface area contributed by atoms with Crippen molar-refractivity contribution < 1.29 is 0 Å². The van der Waals surface area contributed by atoms with E-state index in [1.54, 1.807) is 0 Å². The molecule has 14 heavy (non-hydrogen) atoms. The lowest BCUT2D eigenvalue weighted by Gasteiger charge is -2.05. The fourth-order valence-electron chi connectivity index (χ4n) is 1.49. The molecule has 1 aromatic heterocycles. The largest absolute Gasteiger partial charge is 0.173 e. The molecule has 1 aromatic carbocycles. The van der Waals surface area contributed by atoms with E-state index in [0.29, 0.717) is 5.92 Å². The predicted octanol–water partition coefficient (Wildman–Crippen LogP) is 3.65. The summed E-state index contributed by atoms with van der Waals surface area (Å²) in [6, 6.07) is 4.19. The lowest BCUT2D eigenvalue weighted by atomic mass is 10.0. The molecule has 0 N–H and O–H groups in total. The first-order valence-corrected chi connectivity index (χ1v) is 6.10. The van der Waals surface area contributed by atoms with Gasteiger partial charge in [0, 0.05) is 4.47 Å². The van der Waals surface area contributed by atoms with Crippen LogP contribution in [0.1, 0.15) is 19.4 Å². The van der Waals surface area contributed by atoms with E-state index in [9.17, 15) is 0 Å². The Kier molecular flexibility index (Phi) is 2.83. The minimum Gasteiger partial charge on any atom is -0.173 e. The Bertz CT molecular complexity index is 450. The van der Waals surface area contributed by atoms with E-state index < -0.39 is 0 Å². The maximum atomic E-state index is 4.33. The summed E-state index contributed by atoms with van der Waals surface area (Å²) in [5.74, 6) is 0.654. The Labute approximate surface area is 95.8 Å². The molecule has 0 aliphatic rings. The number of aromatic nitrogens is 2. The Hall–Kier alpha value is -0.480. The SMILES string of the molecule is CC(C)Cc1ccc(Br)c2nsnc12. The van der Waals surface area contributed by atoms with Gasteiger partial charge in [-0.25, -0.2) is 0 Å². The highest BCUT2D eigenvalue weighted by Crippen LogP contribution is 2.26. The van der Waals surface area contributed by atoms with E-state index in [1.165, 1.54) is 17.3 Å². The van der Waals surface area contributed by atoms with Crippen molar-refractivity contribution in [2.24, 2.45) is 5.92 Å². The number of nitrogens with zero attached hydrogens (tertiary/aromatic N) is 2. The molecule has 0 bridgehead atoms. The van der Waals surface area contributed by atoms with Gasteiger partial charge in [0.25, 0.3) is 0 Å². The Morgan fingerprint density at radius 2 is 2.00 bits per heavy atom. The average Bonchev–Trinajstić information content (AvgIpc) is 2.58.